The zero-order valence-corrected chi connectivity index (χ0v) is 10.8. The van der Waals surface area contributed by atoms with Crippen molar-refractivity contribution in [2.75, 3.05) is 27.3 Å². The highest BCUT2D eigenvalue weighted by molar-refractivity contribution is 6.00. The van der Waals surface area contributed by atoms with Crippen molar-refractivity contribution in [1.29, 1.82) is 0 Å². The summed E-state index contributed by atoms with van der Waals surface area (Å²) in [6, 6.07) is 3.41. The minimum atomic E-state index is -0.538. The molecule has 0 aliphatic carbocycles. The van der Waals surface area contributed by atoms with E-state index in [4.69, 9.17) is 4.74 Å². The summed E-state index contributed by atoms with van der Waals surface area (Å²) in [6.07, 6.45) is 0. The average molecular weight is 255 g/mol. The molecule has 1 aromatic rings. The molecule has 0 heterocycles. The van der Waals surface area contributed by atoms with Crippen molar-refractivity contribution < 1.29 is 19.0 Å². The van der Waals surface area contributed by atoms with E-state index in [-0.39, 0.29) is 29.7 Å². The lowest BCUT2D eigenvalue weighted by molar-refractivity contribution is 0.0838. The van der Waals surface area contributed by atoms with Crippen LogP contribution in [0.3, 0.4) is 0 Å². The van der Waals surface area contributed by atoms with Crippen molar-refractivity contribution in [3.05, 3.63) is 29.6 Å². The second kappa shape index (κ2) is 6.47. The van der Waals surface area contributed by atoms with E-state index in [0.29, 0.717) is 6.61 Å². The number of phenolic OH excluding ortho intramolecular Hbond substituents is 1. The molecule has 0 saturated heterocycles. The van der Waals surface area contributed by atoms with E-state index in [1.807, 2.05) is 6.92 Å². The lowest BCUT2D eigenvalue weighted by Gasteiger charge is -2.23. The highest BCUT2D eigenvalue weighted by atomic mass is 19.1. The van der Waals surface area contributed by atoms with Crippen LogP contribution < -0.4 is 0 Å². The number of aromatic hydroxyl groups is 1. The normalized spacial score (nSPS) is 12.7. The van der Waals surface area contributed by atoms with E-state index in [9.17, 15) is 14.3 Å². The van der Waals surface area contributed by atoms with Crippen LogP contribution in [0.4, 0.5) is 4.39 Å². The molecule has 0 fully saturated rings. The van der Waals surface area contributed by atoms with E-state index in [2.05, 4.69) is 0 Å². The van der Waals surface area contributed by atoms with Gasteiger partial charge in [-0.25, -0.2) is 4.39 Å². The molecular weight excluding hydrogens is 237 g/mol. The van der Waals surface area contributed by atoms with Crippen LogP contribution in [-0.2, 0) is 4.74 Å². The standard InChI is InChI=1S/C13H18FNO3/c1-9(8-18-3)15(2)7-13(17)11-6-10(14)4-5-12(11)16/h4-6,9,16H,7-8H2,1-3H3. The van der Waals surface area contributed by atoms with Crippen LogP contribution in [0.25, 0.3) is 0 Å². The first-order chi connectivity index (χ1) is 8.45. The van der Waals surface area contributed by atoms with Gasteiger partial charge in [-0.15, -0.1) is 0 Å². The average Bonchev–Trinajstić information content (AvgIpc) is 2.32. The number of nitrogens with zero attached hydrogens (tertiary/aromatic N) is 1. The molecule has 0 aliphatic heterocycles. The van der Waals surface area contributed by atoms with Crippen molar-refractivity contribution in [3.8, 4) is 5.75 Å². The highest BCUT2D eigenvalue weighted by Gasteiger charge is 2.17. The number of phenols is 1. The minimum absolute atomic E-state index is 0.00599. The van der Waals surface area contributed by atoms with Crippen LogP contribution in [0.5, 0.6) is 5.75 Å². The van der Waals surface area contributed by atoms with Crippen molar-refractivity contribution >= 4 is 5.78 Å². The van der Waals surface area contributed by atoms with Gasteiger partial charge in [0.05, 0.1) is 18.7 Å². The number of halogens is 1. The van der Waals surface area contributed by atoms with Gasteiger partial charge in [-0.05, 0) is 32.2 Å². The number of methoxy groups -OCH3 is 1. The molecule has 4 nitrogen and oxygen atoms in total. The maximum atomic E-state index is 13.0. The van der Waals surface area contributed by atoms with Crippen LogP contribution in [0, 0.1) is 5.82 Å². The zero-order chi connectivity index (χ0) is 13.7. The second-order valence-electron chi connectivity index (χ2n) is 4.30. The number of likely N-dealkylation sites (N-methyl/N-ethyl adjacent to an activating group) is 1. The molecule has 1 aromatic carbocycles. The molecule has 1 atom stereocenters. The Morgan fingerprint density at radius 1 is 1.56 bits per heavy atom. The van der Waals surface area contributed by atoms with E-state index in [1.165, 1.54) is 6.07 Å². The molecule has 1 unspecified atom stereocenters. The second-order valence-corrected chi connectivity index (χ2v) is 4.30. The van der Waals surface area contributed by atoms with E-state index in [1.54, 1.807) is 19.1 Å². The lowest BCUT2D eigenvalue weighted by atomic mass is 10.1. The topological polar surface area (TPSA) is 49.8 Å². The Kier molecular flexibility index (Phi) is 5.25. The summed E-state index contributed by atoms with van der Waals surface area (Å²) in [5.41, 5.74) is 0.00599. The van der Waals surface area contributed by atoms with Gasteiger partial charge in [-0.1, -0.05) is 0 Å². The maximum Gasteiger partial charge on any atom is 0.180 e. The van der Waals surface area contributed by atoms with Crippen molar-refractivity contribution in [1.82, 2.24) is 4.90 Å². The predicted molar refractivity (Wildman–Crippen MR) is 66.4 cm³/mol. The fourth-order valence-corrected chi connectivity index (χ4v) is 1.57. The number of ether oxygens (including phenoxy) is 1. The predicted octanol–water partition coefficient (Wildman–Crippen LogP) is 1.68. The number of carbonyl (C=O) groups is 1. The van der Waals surface area contributed by atoms with Gasteiger partial charge in [0, 0.05) is 13.2 Å². The smallest absolute Gasteiger partial charge is 0.180 e. The van der Waals surface area contributed by atoms with Gasteiger partial charge >= 0.3 is 0 Å². The van der Waals surface area contributed by atoms with Gasteiger partial charge in [0.1, 0.15) is 11.6 Å². The molecule has 1 rings (SSSR count). The largest absolute Gasteiger partial charge is 0.507 e. The number of ketones is 1. The summed E-state index contributed by atoms with van der Waals surface area (Å²) in [4.78, 5) is 13.7. The first-order valence-electron chi connectivity index (χ1n) is 5.66. The third-order valence-electron chi connectivity index (χ3n) is 2.81. The molecule has 0 radical (unpaired) electrons. The Labute approximate surface area is 106 Å². The van der Waals surface area contributed by atoms with Crippen LogP contribution in [0.1, 0.15) is 17.3 Å². The SMILES string of the molecule is COCC(C)N(C)CC(=O)c1cc(F)ccc1O. The van der Waals surface area contributed by atoms with E-state index < -0.39 is 5.82 Å². The monoisotopic (exact) mass is 255 g/mol. The number of Topliss-reactive ketones (excluding diaryl/α,β-unsaturated/α-hetero) is 1. The first kappa shape index (κ1) is 14.6. The van der Waals surface area contributed by atoms with Crippen LogP contribution >= 0.6 is 0 Å². The maximum absolute atomic E-state index is 13.0. The Morgan fingerprint density at radius 2 is 2.22 bits per heavy atom. The number of hydrogen-bond donors (Lipinski definition) is 1. The molecule has 0 aliphatic rings. The van der Waals surface area contributed by atoms with Crippen LogP contribution in [0.2, 0.25) is 0 Å². The Bertz CT molecular complexity index is 423. The number of rotatable bonds is 6. The molecule has 0 aromatic heterocycles. The number of hydrogen-bond acceptors (Lipinski definition) is 4. The number of carbonyl (C=O) groups excluding carboxylic acids is 1. The Morgan fingerprint density at radius 3 is 2.83 bits per heavy atom. The summed E-state index contributed by atoms with van der Waals surface area (Å²) in [7, 11) is 3.36. The summed E-state index contributed by atoms with van der Waals surface area (Å²) in [5.74, 6) is -1.06. The molecule has 18 heavy (non-hydrogen) atoms. The molecule has 100 valence electrons. The zero-order valence-electron chi connectivity index (χ0n) is 10.8. The van der Waals surface area contributed by atoms with Gasteiger partial charge in [0.15, 0.2) is 5.78 Å². The lowest BCUT2D eigenvalue weighted by Crippen LogP contribution is -2.36. The first-order valence-corrected chi connectivity index (χ1v) is 5.66. The van der Waals surface area contributed by atoms with Gasteiger partial charge < -0.3 is 9.84 Å². The molecule has 0 saturated carbocycles. The van der Waals surface area contributed by atoms with Gasteiger partial charge in [-0.3, -0.25) is 9.69 Å². The van der Waals surface area contributed by atoms with E-state index >= 15 is 0 Å². The molecule has 0 bridgehead atoms. The van der Waals surface area contributed by atoms with E-state index in [0.717, 1.165) is 12.1 Å². The molecular formula is C13H18FNO3. The molecule has 5 heteroatoms. The fourth-order valence-electron chi connectivity index (χ4n) is 1.57. The van der Waals surface area contributed by atoms with Crippen LogP contribution in [0.15, 0.2) is 18.2 Å². The number of benzene rings is 1. The Hall–Kier alpha value is -1.46. The summed E-state index contributed by atoms with van der Waals surface area (Å²) < 4.78 is 18.0. The quantitative estimate of drug-likeness (QED) is 0.786. The summed E-state index contributed by atoms with van der Waals surface area (Å²) >= 11 is 0. The molecule has 0 amide bonds. The van der Waals surface area contributed by atoms with Crippen molar-refractivity contribution in [3.63, 3.8) is 0 Å². The fraction of sp³-hybridized carbons (Fsp3) is 0.462. The van der Waals surface area contributed by atoms with Gasteiger partial charge in [0.25, 0.3) is 0 Å². The van der Waals surface area contributed by atoms with Gasteiger partial charge in [-0.2, -0.15) is 0 Å². The minimum Gasteiger partial charge on any atom is -0.507 e. The van der Waals surface area contributed by atoms with Gasteiger partial charge in [0.2, 0.25) is 0 Å². The van der Waals surface area contributed by atoms with Crippen molar-refractivity contribution in [2.45, 2.75) is 13.0 Å². The summed E-state index contributed by atoms with van der Waals surface area (Å²) in [5, 5.41) is 9.53. The van der Waals surface area contributed by atoms with Crippen LogP contribution in [-0.4, -0.2) is 49.1 Å². The van der Waals surface area contributed by atoms with Crippen molar-refractivity contribution in [2.24, 2.45) is 0 Å². The third kappa shape index (κ3) is 3.78. The molecule has 1 N–H and O–H groups in total. The highest BCUT2D eigenvalue weighted by Crippen LogP contribution is 2.18. The summed E-state index contributed by atoms with van der Waals surface area (Å²) in [6.45, 7) is 2.52. The third-order valence-corrected chi connectivity index (χ3v) is 2.81. The Balaban J connectivity index is 2.73. The molecule has 0 spiro atoms.